The molecule has 2 N–H and O–H groups in total. The second-order valence-electron chi connectivity index (χ2n) is 5.46. The van der Waals surface area contributed by atoms with Crippen LogP contribution in [0.5, 0.6) is 0 Å². The van der Waals surface area contributed by atoms with E-state index in [1.807, 2.05) is 27.7 Å². The molecular formula is C12H18BClN2O2. The summed E-state index contributed by atoms with van der Waals surface area (Å²) in [6, 6.07) is 3.58. The Kier molecular flexibility index (Phi) is 3.45. The Hall–Kier alpha value is -0.615. The van der Waals surface area contributed by atoms with Crippen molar-refractivity contribution in [1.82, 2.24) is 4.98 Å². The van der Waals surface area contributed by atoms with Crippen LogP contribution in [0.15, 0.2) is 12.1 Å². The SMILES string of the molecule is CC1(C)OB(c2nc(CN)ccc2Cl)OC1(C)C. The van der Waals surface area contributed by atoms with Gasteiger partial charge in [-0.2, -0.15) is 0 Å². The van der Waals surface area contributed by atoms with Crippen LogP contribution in [0.1, 0.15) is 33.4 Å². The molecule has 1 aliphatic rings. The van der Waals surface area contributed by atoms with E-state index >= 15 is 0 Å². The van der Waals surface area contributed by atoms with Gasteiger partial charge in [-0.3, -0.25) is 4.98 Å². The molecule has 0 spiro atoms. The lowest BCUT2D eigenvalue weighted by atomic mass is 9.84. The summed E-state index contributed by atoms with van der Waals surface area (Å²) >= 11 is 6.16. The van der Waals surface area contributed by atoms with Gasteiger partial charge in [0.25, 0.3) is 0 Å². The molecule has 1 aromatic heterocycles. The van der Waals surface area contributed by atoms with Crippen molar-refractivity contribution in [3.63, 3.8) is 0 Å². The molecule has 1 saturated heterocycles. The molecule has 2 heterocycles. The average molecular weight is 269 g/mol. The molecule has 0 aliphatic carbocycles. The van der Waals surface area contributed by atoms with Gasteiger partial charge in [0.2, 0.25) is 0 Å². The molecule has 18 heavy (non-hydrogen) atoms. The quantitative estimate of drug-likeness (QED) is 0.826. The third kappa shape index (κ3) is 2.28. The van der Waals surface area contributed by atoms with Gasteiger partial charge in [0.05, 0.1) is 27.5 Å². The fourth-order valence-electron chi connectivity index (χ4n) is 1.73. The maximum Gasteiger partial charge on any atom is 0.516 e. The standard InChI is InChI=1S/C12H18BClN2O2/c1-11(2)12(3,4)18-13(17-11)10-9(14)6-5-8(7-15)16-10/h5-6H,7,15H2,1-4H3. The molecule has 0 atom stereocenters. The highest BCUT2D eigenvalue weighted by Gasteiger charge is 2.52. The summed E-state index contributed by atoms with van der Waals surface area (Å²) in [6.45, 7) is 8.34. The first-order chi connectivity index (χ1) is 8.27. The molecule has 4 nitrogen and oxygen atoms in total. The van der Waals surface area contributed by atoms with Crippen LogP contribution in [-0.2, 0) is 15.9 Å². The van der Waals surface area contributed by atoms with E-state index in [0.29, 0.717) is 17.2 Å². The first kappa shape index (κ1) is 13.8. The fourth-order valence-corrected chi connectivity index (χ4v) is 1.93. The number of nitrogens with two attached hydrogens (primary N) is 1. The Balaban J connectivity index is 2.34. The van der Waals surface area contributed by atoms with E-state index in [4.69, 9.17) is 26.6 Å². The normalized spacial score (nSPS) is 21.3. The van der Waals surface area contributed by atoms with Crippen molar-refractivity contribution in [2.24, 2.45) is 5.73 Å². The van der Waals surface area contributed by atoms with Crippen LogP contribution >= 0.6 is 11.6 Å². The monoisotopic (exact) mass is 268 g/mol. The topological polar surface area (TPSA) is 57.4 Å². The Morgan fingerprint density at radius 1 is 1.22 bits per heavy atom. The highest BCUT2D eigenvalue weighted by molar-refractivity contribution is 6.64. The van der Waals surface area contributed by atoms with E-state index < -0.39 is 18.3 Å². The molecule has 0 amide bonds. The Morgan fingerprint density at radius 2 is 1.78 bits per heavy atom. The average Bonchev–Trinajstić information content (AvgIpc) is 2.48. The second-order valence-corrected chi connectivity index (χ2v) is 5.87. The van der Waals surface area contributed by atoms with Crippen molar-refractivity contribution in [2.45, 2.75) is 45.4 Å². The van der Waals surface area contributed by atoms with Crippen molar-refractivity contribution in [3.05, 3.63) is 22.8 Å². The van der Waals surface area contributed by atoms with Crippen molar-refractivity contribution in [2.75, 3.05) is 0 Å². The van der Waals surface area contributed by atoms with E-state index in [1.165, 1.54) is 0 Å². The van der Waals surface area contributed by atoms with Crippen LogP contribution in [0.25, 0.3) is 0 Å². The van der Waals surface area contributed by atoms with E-state index in [-0.39, 0.29) is 0 Å². The van der Waals surface area contributed by atoms with E-state index in [1.54, 1.807) is 12.1 Å². The number of pyridine rings is 1. The minimum Gasteiger partial charge on any atom is -0.398 e. The molecule has 2 rings (SSSR count). The molecule has 0 saturated carbocycles. The molecule has 1 aliphatic heterocycles. The van der Waals surface area contributed by atoms with Gasteiger partial charge in [-0.1, -0.05) is 11.6 Å². The number of hydrogen-bond donors (Lipinski definition) is 1. The predicted molar refractivity (Wildman–Crippen MR) is 72.9 cm³/mol. The molecule has 0 bridgehead atoms. The minimum atomic E-state index is -0.547. The van der Waals surface area contributed by atoms with Crippen molar-refractivity contribution in [3.8, 4) is 0 Å². The number of nitrogens with zero attached hydrogens (tertiary/aromatic N) is 1. The summed E-state index contributed by atoms with van der Waals surface area (Å²) in [7, 11) is -0.547. The van der Waals surface area contributed by atoms with Crippen LogP contribution in [0.2, 0.25) is 5.02 Å². The molecule has 98 valence electrons. The molecular weight excluding hydrogens is 250 g/mol. The summed E-state index contributed by atoms with van der Waals surface area (Å²) < 4.78 is 11.8. The lowest BCUT2D eigenvalue weighted by Crippen LogP contribution is -2.41. The summed E-state index contributed by atoms with van der Waals surface area (Å²) in [6.07, 6.45) is 0. The van der Waals surface area contributed by atoms with E-state index in [9.17, 15) is 0 Å². The van der Waals surface area contributed by atoms with Gasteiger partial charge in [-0.15, -0.1) is 0 Å². The summed E-state index contributed by atoms with van der Waals surface area (Å²) in [5.74, 6) is 0. The third-order valence-electron chi connectivity index (χ3n) is 3.62. The van der Waals surface area contributed by atoms with Crippen LogP contribution in [0.4, 0.5) is 0 Å². The summed E-state index contributed by atoms with van der Waals surface area (Å²) in [5.41, 5.74) is 6.15. The van der Waals surface area contributed by atoms with Gasteiger partial charge >= 0.3 is 7.12 Å². The van der Waals surface area contributed by atoms with E-state index in [0.717, 1.165) is 5.69 Å². The molecule has 0 radical (unpaired) electrons. The molecule has 0 aromatic carbocycles. The molecule has 0 unspecified atom stereocenters. The van der Waals surface area contributed by atoms with Gasteiger partial charge in [0, 0.05) is 6.54 Å². The lowest BCUT2D eigenvalue weighted by molar-refractivity contribution is 0.00578. The van der Waals surface area contributed by atoms with Gasteiger partial charge in [-0.05, 0) is 39.8 Å². The first-order valence-electron chi connectivity index (χ1n) is 5.98. The highest BCUT2D eigenvalue weighted by atomic mass is 35.5. The van der Waals surface area contributed by atoms with Crippen molar-refractivity contribution >= 4 is 24.3 Å². The Bertz CT molecular complexity index is 449. The molecule has 6 heteroatoms. The maximum atomic E-state index is 6.16. The molecule has 1 aromatic rings. The van der Waals surface area contributed by atoms with Crippen LogP contribution in [0.3, 0.4) is 0 Å². The highest BCUT2D eigenvalue weighted by Crippen LogP contribution is 2.36. The smallest absolute Gasteiger partial charge is 0.398 e. The lowest BCUT2D eigenvalue weighted by Gasteiger charge is -2.32. The summed E-state index contributed by atoms with van der Waals surface area (Å²) in [4.78, 5) is 4.40. The van der Waals surface area contributed by atoms with Gasteiger partial charge < -0.3 is 15.0 Å². The largest absolute Gasteiger partial charge is 0.516 e. The van der Waals surface area contributed by atoms with Gasteiger partial charge in [-0.25, -0.2) is 0 Å². The fraction of sp³-hybridized carbons (Fsp3) is 0.583. The van der Waals surface area contributed by atoms with Crippen LogP contribution in [0, 0.1) is 0 Å². The van der Waals surface area contributed by atoms with Crippen LogP contribution in [-0.4, -0.2) is 23.3 Å². The predicted octanol–water partition coefficient (Wildman–Crippen LogP) is 1.49. The second kappa shape index (κ2) is 4.49. The number of hydrogen-bond acceptors (Lipinski definition) is 4. The number of aromatic nitrogens is 1. The zero-order valence-corrected chi connectivity index (χ0v) is 11.9. The first-order valence-corrected chi connectivity index (χ1v) is 6.35. The van der Waals surface area contributed by atoms with Gasteiger partial charge in [0.1, 0.15) is 0 Å². The zero-order valence-electron chi connectivity index (χ0n) is 11.2. The van der Waals surface area contributed by atoms with Crippen molar-refractivity contribution < 1.29 is 9.31 Å². The Morgan fingerprint density at radius 3 is 2.28 bits per heavy atom. The molecule has 1 fully saturated rings. The summed E-state index contributed by atoms with van der Waals surface area (Å²) in [5, 5.41) is 0.533. The van der Waals surface area contributed by atoms with Gasteiger partial charge in [0.15, 0.2) is 0 Å². The zero-order chi connectivity index (χ0) is 13.6. The number of rotatable bonds is 2. The number of halogens is 1. The third-order valence-corrected chi connectivity index (χ3v) is 3.94. The Labute approximate surface area is 113 Å². The van der Waals surface area contributed by atoms with E-state index in [2.05, 4.69) is 4.98 Å². The minimum absolute atomic E-state index is 0.365. The van der Waals surface area contributed by atoms with Crippen molar-refractivity contribution in [1.29, 1.82) is 0 Å². The maximum absolute atomic E-state index is 6.16. The van der Waals surface area contributed by atoms with Crippen LogP contribution < -0.4 is 11.3 Å².